The second-order valence-electron chi connectivity index (χ2n) is 6.04. The minimum Gasteiger partial charge on any atom is -0.351 e. The molecule has 0 saturated heterocycles. The Bertz CT molecular complexity index is 957. The monoisotopic (exact) mass is 430 g/mol. The maximum absolute atomic E-state index is 12.4. The zero-order valence-corrected chi connectivity index (χ0v) is 17.6. The van der Waals surface area contributed by atoms with Crippen molar-refractivity contribution in [2.24, 2.45) is 0 Å². The molecule has 0 unspecified atom stereocenters. The molecule has 0 fully saturated rings. The highest BCUT2D eigenvalue weighted by molar-refractivity contribution is 7.99. The lowest BCUT2D eigenvalue weighted by Gasteiger charge is -2.10. The third kappa shape index (κ3) is 5.61. The van der Waals surface area contributed by atoms with Crippen LogP contribution in [0.2, 0.25) is 5.02 Å². The Labute approximate surface area is 177 Å². The Kier molecular flexibility index (Phi) is 7.14. The highest BCUT2D eigenvalue weighted by Gasteiger charge is 2.12. The molecule has 4 nitrogen and oxygen atoms in total. The number of benzene rings is 2. The molecule has 1 heterocycles. The summed E-state index contributed by atoms with van der Waals surface area (Å²) in [5.74, 6) is 0.321. The van der Waals surface area contributed by atoms with Crippen LogP contribution in [0.5, 0.6) is 0 Å². The Morgan fingerprint density at radius 3 is 2.57 bits per heavy atom. The van der Waals surface area contributed by atoms with Gasteiger partial charge in [-0.25, -0.2) is 0 Å². The fourth-order valence-electron chi connectivity index (χ4n) is 2.42. The summed E-state index contributed by atoms with van der Waals surface area (Å²) in [6.07, 6.45) is 0. The lowest BCUT2D eigenvalue weighted by molar-refractivity contribution is 0.0954. The molecule has 144 valence electrons. The SMILES string of the molecule is Cc1ccc(SCCNC(=O)c2ccc(Cl)c(NC(=O)c3cccs3)c2)cc1. The molecule has 3 rings (SSSR count). The molecular formula is C21H19ClN2O2S2. The minimum atomic E-state index is -0.246. The number of halogens is 1. The fraction of sp³-hybridized carbons (Fsp3) is 0.143. The van der Waals surface area contributed by atoms with Gasteiger partial charge in [-0.3, -0.25) is 9.59 Å². The standard InChI is InChI=1S/C21H19ClN2O2S2/c1-14-4-7-16(8-5-14)27-12-10-23-20(25)15-6-9-17(22)18(13-15)24-21(26)19-3-2-11-28-19/h2-9,11,13H,10,12H2,1H3,(H,23,25)(H,24,26). The molecule has 3 aromatic rings. The normalized spacial score (nSPS) is 10.5. The van der Waals surface area contributed by atoms with E-state index < -0.39 is 0 Å². The first-order chi connectivity index (χ1) is 13.5. The van der Waals surface area contributed by atoms with Crippen LogP contribution in [0.1, 0.15) is 25.6 Å². The number of hydrogen-bond donors (Lipinski definition) is 2. The zero-order chi connectivity index (χ0) is 19.9. The van der Waals surface area contributed by atoms with Gasteiger partial charge in [-0.1, -0.05) is 35.4 Å². The van der Waals surface area contributed by atoms with Gasteiger partial charge in [0.1, 0.15) is 0 Å². The van der Waals surface area contributed by atoms with Crippen molar-refractivity contribution in [2.75, 3.05) is 17.6 Å². The smallest absolute Gasteiger partial charge is 0.265 e. The molecule has 0 radical (unpaired) electrons. The first-order valence-electron chi connectivity index (χ1n) is 8.65. The number of carbonyl (C=O) groups excluding carboxylic acids is 2. The van der Waals surface area contributed by atoms with Crippen LogP contribution in [0, 0.1) is 6.92 Å². The maximum Gasteiger partial charge on any atom is 0.265 e. The van der Waals surface area contributed by atoms with Gasteiger partial charge in [-0.15, -0.1) is 23.1 Å². The Morgan fingerprint density at radius 1 is 1.07 bits per heavy atom. The van der Waals surface area contributed by atoms with Crippen LogP contribution in [-0.2, 0) is 0 Å². The molecule has 0 aliphatic rings. The molecule has 0 spiro atoms. The molecule has 2 amide bonds. The van der Waals surface area contributed by atoms with E-state index in [0.717, 1.165) is 5.75 Å². The van der Waals surface area contributed by atoms with E-state index in [0.29, 0.717) is 27.7 Å². The zero-order valence-electron chi connectivity index (χ0n) is 15.2. The maximum atomic E-state index is 12.4. The van der Waals surface area contributed by atoms with E-state index in [2.05, 4.69) is 41.8 Å². The summed E-state index contributed by atoms with van der Waals surface area (Å²) in [7, 11) is 0. The number of hydrogen-bond acceptors (Lipinski definition) is 4. The number of rotatable bonds is 7. The average molecular weight is 431 g/mol. The van der Waals surface area contributed by atoms with Gasteiger partial charge < -0.3 is 10.6 Å². The molecule has 7 heteroatoms. The quantitative estimate of drug-likeness (QED) is 0.385. The summed E-state index contributed by atoms with van der Waals surface area (Å²) < 4.78 is 0. The number of aryl methyl sites for hydroxylation is 1. The summed E-state index contributed by atoms with van der Waals surface area (Å²) in [6.45, 7) is 2.59. The topological polar surface area (TPSA) is 58.2 Å². The third-order valence-corrected chi connectivity index (χ3v) is 6.11. The summed E-state index contributed by atoms with van der Waals surface area (Å²) in [5, 5.41) is 7.87. The van der Waals surface area contributed by atoms with Crippen molar-refractivity contribution in [3.8, 4) is 0 Å². The third-order valence-electron chi connectivity index (χ3n) is 3.90. The summed E-state index contributed by atoms with van der Waals surface area (Å²) in [6, 6.07) is 16.7. The average Bonchev–Trinajstić information content (AvgIpc) is 3.23. The molecule has 2 N–H and O–H groups in total. The van der Waals surface area contributed by atoms with E-state index in [9.17, 15) is 9.59 Å². The number of thioether (sulfide) groups is 1. The van der Waals surface area contributed by atoms with Gasteiger partial charge >= 0.3 is 0 Å². The van der Waals surface area contributed by atoms with E-state index in [4.69, 9.17) is 11.6 Å². The number of anilines is 1. The first-order valence-corrected chi connectivity index (χ1v) is 10.9. The van der Waals surface area contributed by atoms with Crippen LogP contribution in [-0.4, -0.2) is 24.1 Å². The number of amides is 2. The highest BCUT2D eigenvalue weighted by Crippen LogP contribution is 2.24. The summed E-state index contributed by atoms with van der Waals surface area (Å²) in [5.41, 5.74) is 2.09. The summed E-state index contributed by atoms with van der Waals surface area (Å²) in [4.78, 5) is 26.4. The van der Waals surface area contributed by atoms with E-state index in [1.807, 2.05) is 5.38 Å². The molecule has 0 aliphatic carbocycles. The van der Waals surface area contributed by atoms with E-state index >= 15 is 0 Å². The molecule has 0 saturated carbocycles. The van der Waals surface area contributed by atoms with E-state index in [1.54, 1.807) is 42.1 Å². The lowest BCUT2D eigenvalue weighted by atomic mass is 10.2. The van der Waals surface area contributed by atoms with Gasteiger partial charge in [0.15, 0.2) is 0 Å². The van der Waals surface area contributed by atoms with E-state index in [1.165, 1.54) is 21.8 Å². The van der Waals surface area contributed by atoms with Crippen molar-refractivity contribution in [2.45, 2.75) is 11.8 Å². The van der Waals surface area contributed by atoms with Gasteiger partial charge in [0, 0.05) is 22.8 Å². The first kappa shape index (κ1) is 20.5. The molecule has 2 aromatic carbocycles. The molecule has 0 atom stereocenters. The van der Waals surface area contributed by atoms with E-state index in [-0.39, 0.29) is 11.8 Å². The lowest BCUT2D eigenvalue weighted by Crippen LogP contribution is -2.25. The predicted molar refractivity (Wildman–Crippen MR) is 118 cm³/mol. The number of carbonyl (C=O) groups is 2. The van der Waals surface area contributed by atoms with Crippen LogP contribution in [0.15, 0.2) is 64.9 Å². The van der Waals surface area contributed by atoms with Crippen molar-refractivity contribution < 1.29 is 9.59 Å². The molecule has 0 bridgehead atoms. The van der Waals surface area contributed by atoms with Crippen LogP contribution < -0.4 is 10.6 Å². The highest BCUT2D eigenvalue weighted by atomic mass is 35.5. The van der Waals surface area contributed by atoms with Gasteiger partial charge in [-0.05, 0) is 48.7 Å². The molecule has 1 aromatic heterocycles. The number of thiophene rings is 1. The second-order valence-corrected chi connectivity index (χ2v) is 8.57. The fourth-order valence-corrected chi connectivity index (χ4v) is 3.98. The second kappa shape index (κ2) is 9.78. The molecule has 0 aliphatic heterocycles. The Hall–Kier alpha value is -2.28. The van der Waals surface area contributed by atoms with Gasteiger partial charge in [0.2, 0.25) is 0 Å². The van der Waals surface area contributed by atoms with Gasteiger partial charge in [0.25, 0.3) is 11.8 Å². The van der Waals surface area contributed by atoms with Crippen molar-refractivity contribution in [3.05, 3.63) is 81.0 Å². The molecule has 28 heavy (non-hydrogen) atoms. The summed E-state index contributed by atoms with van der Waals surface area (Å²) >= 11 is 9.20. The predicted octanol–water partition coefficient (Wildman–Crippen LogP) is 5.48. The Balaban J connectivity index is 1.54. The van der Waals surface area contributed by atoms with Crippen LogP contribution >= 0.6 is 34.7 Å². The van der Waals surface area contributed by atoms with Crippen molar-refractivity contribution in [1.82, 2.24) is 5.32 Å². The largest absolute Gasteiger partial charge is 0.351 e. The van der Waals surface area contributed by atoms with Crippen molar-refractivity contribution >= 4 is 52.2 Å². The van der Waals surface area contributed by atoms with Crippen molar-refractivity contribution in [1.29, 1.82) is 0 Å². The number of nitrogens with one attached hydrogen (secondary N) is 2. The van der Waals surface area contributed by atoms with Gasteiger partial charge in [-0.2, -0.15) is 0 Å². The molecular weight excluding hydrogens is 412 g/mol. The van der Waals surface area contributed by atoms with Crippen LogP contribution in [0.3, 0.4) is 0 Å². The van der Waals surface area contributed by atoms with Crippen LogP contribution in [0.25, 0.3) is 0 Å². The van der Waals surface area contributed by atoms with Crippen LogP contribution in [0.4, 0.5) is 5.69 Å². The minimum absolute atomic E-state index is 0.201. The van der Waals surface area contributed by atoms with Crippen molar-refractivity contribution in [3.63, 3.8) is 0 Å². The van der Waals surface area contributed by atoms with Gasteiger partial charge in [0.05, 0.1) is 15.6 Å². The Morgan fingerprint density at radius 2 is 1.86 bits per heavy atom.